The summed E-state index contributed by atoms with van der Waals surface area (Å²) < 4.78 is 5.15. The molecule has 0 aromatic carbocycles. The summed E-state index contributed by atoms with van der Waals surface area (Å²) in [6, 6.07) is 0. The lowest BCUT2D eigenvalue weighted by molar-refractivity contribution is -0.149. The molecule has 0 saturated carbocycles. The van der Waals surface area contributed by atoms with Crippen LogP contribution in [-0.4, -0.2) is 12.6 Å². The van der Waals surface area contributed by atoms with E-state index < -0.39 is 0 Å². The summed E-state index contributed by atoms with van der Waals surface area (Å²) in [5, 5.41) is 0. The van der Waals surface area contributed by atoms with Crippen molar-refractivity contribution in [1.82, 2.24) is 0 Å². The van der Waals surface area contributed by atoms with Crippen LogP contribution in [0, 0.1) is 11.8 Å². The third-order valence-electron chi connectivity index (χ3n) is 3.72. The lowest BCUT2D eigenvalue weighted by Crippen LogP contribution is -2.23. The number of unbranched alkanes of at least 4 members (excludes halogenated alkanes) is 4. The first-order valence-electron chi connectivity index (χ1n) is 7.83. The topological polar surface area (TPSA) is 26.3 Å². The molecule has 0 N–H and O–H groups in total. The van der Waals surface area contributed by atoms with E-state index in [9.17, 15) is 4.79 Å². The summed E-state index contributed by atoms with van der Waals surface area (Å²) in [5.41, 5.74) is 0. The summed E-state index contributed by atoms with van der Waals surface area (Å²) in [5.74, 6) is 0.577. The van der Waals surface area contributed by atoms with Crippen molar-refractivity contribution in [3.05, 3.63) is 0 Å². The van der Waals surface area contributed by atoms with E-state index in [1.165, 1.54) is 51.4 Å². The molecular formula is C16H32O2. The van der Waals surface area contributed by atoms with Crippen LogP contribution >= 0.6 is 0 Å². The molecule has 0 aliphatic heterocycles. The number of ether oxygens (including phenoxy) is 1. The molecule has 0 fully saturated rings. The Morgan fingerprint density at radius 1 is 0.944 bits per heavy atom. The highest BCUT2D eigenvalue weighted by molar-refractivity contribution is 5.72. The Labute approximate surface area is 113 Å². The van der Waals surface area contributed by atoms with E-state index in [1.807, 2.05) is 13.8 Å². The largest absolute Gasteiger partial charge is 0.466 e. The summed E-state index contributed by atoms with van der Waals surface area (Å²) in [6.07, 6.45) is 9.92. The van der Waals surface area contributed by atoms with E-state index in [2.05, 4.69) is 13.8 Å². The third-order valence-corrected chi connectivity index (χ3v) is 3.72. The minimum atomic E-state index is -0.00547. The zero-order valence-electron chi connectivity index (χ0n) is 12.8. The first-order chi connectivity index (χ1) is 8.67. The van der Waals surface area contributed by atoms with Crippen molar-refractivity contribution in [2.75, 3.05) is 6.61 Å². The molecule has 0 aromatic rings. The summed E-state index contributed by atoms with van der Waals surface area (Å²) >= 11 is 0. The van der Waals surface area contributed by atoms with Crippen LogP contribution in [-0.2, 0) is 9.53 Å². The number of carbonyl (C=O) groups excluding carboxylic acids is 1. The van der Waals surface area contributed by atoms with E-state index >= 15 is 0 Å². The van der Waals surface area contributed by atoms with Gasteiger partial charge in [0.25, 0.3) is 0 Å². The van der Waals surface area contributed by atoms with Gasteiger partial charge in [-0.2, -0.15) is 0 Å². The van der Waals surface area contributed by atoms with Crippen LogP contribution in [0.15, 0.2) is 0 Å². The van der Waals surface area contributed by atoms with Gasteiger partial charge in [0.15, 0.2) is 0 Å². The molecule has 2 nitrogen and oxygen atoms in total. The van der Waals surface area contributed by atoms with Gasteiger partial charge in [-0.1, -0.05) is 59.3 Å². The maximum absolute atomic E-state index is 11.8. The Morgan fingerprint density at radius 3 is 2.11 bits per heavy atom. The maximum atomic E-state index is 11.8. The SMILES string of the molecule is CCCCCCC(CCCC)C(C)C(=O)OCC. The number of hydrogen-bond acceptors (Lipinski definition) is 2. The van der Waals surface area contributed by atoms with Crippen molar-refractivity contribution >= 4 is 5.97 Å². The van der Waals surface area contributed by atoms with Crippen LogP contribution < -0.4 is 0 Å². The highest BCUT2D eigenvalue weighted by Gasteiger charge is 2.24. The summed E-state index contributed by atoms with van der Waals surface area (Å²) in [7, 11) is 0. The lowest BCUT2D eigenvalue weighted by Gasteiger charge is -2.22. The average molecular weight is 256 g/mol. The minimum Gasteiger partial charge on any atom is -0.466 e. The van der Waals surface area contributed by atoms with Crippen LogP contribution in [0.5, 0.6) is 0 Å². The molecule has 0 aliphatic carbocycles. The van der Waals surface area contributed by atoms with Crippen molar-refractivity contribution < 1.29 is 9.53 Å². The fourth-order valence-electron chi connectivity index (χ4n) is 2.41. The molecule has 108 valence electrons. The van der Waals surface area contributed by atoms with E-state index in [0.717, 1.165) is 0 Å². The predicted octanol–water partition coefficient (Wildman–Crippen LogP) is 4.96. The molecule has 0 heterocycles. The molecule has 0 radical (unpaired) electrons. The molecule has 0 bridgehead atoms. The molecule has 0 rings (SSSR count). The number of hydrogen-bond donors (Lipinski definition) is 0. The van der Waals surface area contributed by atoms with Gasteiger partial charge in [0.05, 0.1) is 12.5 Å². The average Bonchev–Trinajstić information content (AvgIpc) is 2.37. The molecule has 0 saturated heterocycles. The number of rotatable bonds is 11. The first kappa shape index (κ1) is 17.5. The molecular weight excluding hydrogens is 224 g/mol. The smallest absolute Gasteiger partial charge is 0.308 e. The van der Waals surface area contributed by atoms with E-state index in [4.69, 9.17) is 4.74 Å². The lowest BCUT2D eigenvalue weighted by atomic mass is 9.85. The second-order valence-corrected chi connectivity index (χ2v) is 5.29. The van der Waals surface area contributed by atoms with Gasteiger partial charge in [-0.3, -0.25) is 4.79 Å². The Hall–Kier alpha value is -0.530. The standard InChI is InChI=1S/C16H32O2/c1-5-8-10-11-13-15(12-9-6-2)14(4)16(17)18-7-3/h14-15H,5-13H2,1-4H3. The highest BCUT2D eigenvalue weighted by Crippen LogP contribution is 2.26. The van der Waals surface area contributed by atoms with Crippen LogP contribution in [0.2, 0.25) is 0 Å². The Kier molecular flexibility index (Phi) is 11.2. The summed E-state index contributed by atoms with van der Waals surface area (Å²) in [4.78, 5) is 11.8. The normalized spacial score (nSPS) is 14.2. The number of esters is 1. The molecule has 2 heteroatoms. The maximum Gasteiger partial charge on any atom is 0.308 e. The fraction of sp³-hybridized carbons (Fsp3) is 0.938. The quantitative estimate of drug-likeness (QED) is 0.385. The van der Waals surface area contributed by atoms with Crippen molar-refractivity contribution in [2.45, 2.75) is 79.1 Å². The van der Waals surface area contributed by atoms with Crippen LogP contribution in [0.1, 0.15) is 79.1 Å². The Bertz CT molecular complexity index is 201. The van der Waals surface area contributed by atoms with E-state index in [-0.39, 0.29) is 11.9 Å². The monoisotopic (exact) mass is 256 g/mol. The van der Waals surface area contributed by atoms with Gasteiger partial charge < -0.3 is 4.74 Å². The van der Waals surface area contributed by atoms with Crippen molar-refractivity contribution in [1.29, 1.82) is 0 Å². The van der Waals surface area contributed by atoms with E-state index in [1.54, 1.807) is 0 Å². The second-order valence-electron chi connectivity index (χ2n) is 5.29. The van der Waals surface area contributed by atoms with Gasteiger partial charge in [-0.05, 0) is 25.7 Å². The van der Waals surface area contributed by atoms with Crippen molar-refractivity contribution in [2.24, 2.45) is 11.8 Å². The molecule has 0 aromatic heterocycles. The second kappa shape index (κ2) is 11.6. The first-order valence-corrected chi connectivity index (χ1v) is 7.83. The molecule has 0 spiro atoms. The summed E-state index contributed by atoms with van der Waals surface area (Å²) in [6.45, 7) is 8.86. The van der Waals surface area contributed by atoms with Crippen molar-refractivity contribution in [3.8, 4) is 0 Å². The molecule has 2 atom stereocenters. The predicted molar refractivity (Wildman–Crippen MR) is 77.6 cm³/mol. The van der Waals surface area contributed by atoms with Gasteiger partial charge in [-0.25, -0.2) is 0 Å². The van der Waals surface area contributed by atoms with Gasteiger partial charge in [0.1, 0.15) is 0 Å². The van der Waals surface area contributed by atoms with Gasteiger partial charge in [-0.15, -0.1) is 0 Å². The van der Waals surface area contributed by atoms with Gasteiger partial charge in [0.2, 0.25) is 0 Å². The highest BCUT2D eigenvalue weighted by atomic mass is 16.5. The fourth-order valence-corrected chi connectivity index (χ4v) is 2.41. The Balaban J connectivity index is 4.14. The van der Waals surface area contributed by atoms with E-state index in [0.29, 0.717) is 12.5 Å². The minimum absolute atomic E-state index is 0.00547. The zero-order chi connectivity index (χ0) is 13.8. The molecule has 0 amide bonds. The Morgan fingerprint density at radius 2 is 1.56 bits per heavy atom. The molecule has 2 unspecified atom stereocenters. The van der Waals surface area contributed by atoms with Crippen LogP contribution in [0.3, 0.4) is 0 Å². The zero-order valence-corrected chi connectivity index (χ0v) is 12.8. The third kappa shape index (κ3) is 7.73. The van der Waals surface area contributed by atoms with Gasteiger partial charge >= 0.3 is 5.97 Å². The van der Waals surface area contributed by atoms with Gasteiger partial charge in [0, 0.05) is 0 Å². The molecule has 0 aliphatic rings. The van der Waals surface area contributed by atoms with Crippen LogP contribution in [0.4, 0.5) is 0 Å². The van der Waals surface area contributed by atoms with Crippen molar-refractivity contribution in [3.63, 3.8) is 0 Å². The molecule has 18 heavy (non-hydrogen) atoms. The number of carbonyl (C=O) groups is 1. The van der Waals surface area contributed by atoms with Crippen LogP contribution in [0.25, 0.3) is 0 Å².